The van der Waals surface area contributed by atoms with Crippen molar-refractivity contribution in [2.24, 2.45) is 23.7 Å². The summed E-state index contributed by atoms with van der Waals surface area (Å²) in [6.45, 7) is 13.6. The molecule has 0 aliphatic heterocycles. The first-order valence-electron chi connectivity index (χ1n) is 8.47. The molecule has 0 bridgehead atoms. The van der Waals surface area contributed by atoms with Gasteiger partial charge in [0.05, 0.1) is 0 Å². The molecule has 0 radical (unpaired) electrons. The lowest BCUT2D eigenvalue weighted by Gasteiger charge is -2.43. The second kappa shape index (κ2) is 6.78. The highest BCUT2D eigenvalue weighted by atomic mass is 14.4. The summed E-state index contributed by atoms with van der Waals surface area (Å²) in [5, 5.41) is 0. The van der Waals surface area contributed by atoms with E-state index >= 15 is 0 Å². The summed E-state index contributed by atoms with van der Waals surface area (Å²) in [6.07, 6.45) is 12.9. The van der Waals surface area contributed by atoms with Crippen LogP contribution < -0.4 is 0 Å². The molecule has 0 aromatic carbocycles. The first kappa shape index (κ1) is 15.6. The standard InChI is InChI=1S/C20H32/c1-14(2)7-6-8-16(4)19-12-10-17(5)18-11-9-15(3)13-20(18)19/h7,13,16,18-20H,5-6,8-12H2,1-4H3/t16-,18+,19+,20-/m0/s1. The van der Waals surface area contributed by atoms with Crippen LogP contribution in [0.15, 0.2) is 35.5 Å². The Morgan fingerprint density at radius 1 is 1.35 bits per heavy atom. The highest BCUT2D eigenvalue weighted by molar-refractivity contribution is 5.19. The van der Waals surface area contributed by atoms with Gasteiger partial charge in [-0.3, -0.25) is 0 Å². The Hall–Kier alpha value is -0.780. The molecule has 0 heteroatoms. The van der Waals surface area contributed by atoms with Gasteiger partial charge in [-0.25, -0.2) is 0 Å². The second-order valence-electron chi connectivity index (χ2n) is 7.43. The van der Waals surface area contributed by atoms with E-state index in [1.165, 1.54) is 49.7 Å². The maximum Gasteiger partial charge on any atom is -0.0134 e. The fraction of sp³-hybridized carbons (Fsp3) is 0.700. The van der Waals surface area contributed by atoms with Gasteiger partial charge >= 0.3 is 0 Å². The zero-order valence-electron chi connectivity index (χ0n) is 13.9. The molecule has 2 aliphatic rings. The molecule has 0 nitrogen and oxygen atoms in total. The summed E-state index contributed by atoms with van der Waals surface area (Å²) in [6, 6.07) is 0. The fourth-order valence-electron chi connectivity index (χ4n) is 4.24. The first-order chi connectivity index (χ1) is 9.49. The van der Waals surface area contributed by atoms with Crippen LogP contribution in [0, 0.1) is 23.7 Å². The molecule has 0 heterocycles. The highest BCUT2D eigenvalue weighted by Gasteiger charge is 2.37. The molecular formula is C20H32. The number of allylic oxidation sites excluding steroid dienone is 5. The molecule has 0 saturated heterocycles. The van der Waals surface area contributed by atoms with Crippen molar-refractivity contribution in [3.63, 3.8) is 0 Å². The fourth-order valence-corrected chi connectivity index (χ4v) is 4.24. The Bertz CT molecular complexity index is 406. The van der Waals surface area contributed by atoms with Crippen molar-refractivity contribution < 1.29 is 0 Å². The Labute approximate surface area is 126 Å². The second-order valence-corrected chi connectivity index (χ2v) is 7.43. The zero-order valence-corrected chi connectivity index (χ0v) is 13.9. The number of rotatable bonds is 4. The number of hydrogen-bond donors (Lipinski definition) is 0. The van der Waals surface area contributed by atoms with Crippen LogP contribution in [0.25, 0.3) is 0 Å². The molecule has 112 valence electrons. The lowest BCUT2D eigenvalue weighted by molar-refractivity contribution is 0.164. The molecule has 0 spiro atoms. The van der Waals surface area contributed by atoms with Crippen LogP contribution in [-0.4, -0.2) is 0 Å². The Kier molecular flexibility index (Phi) is 5.29. The quantitative estimate of drug-likeness (QED) is 0.526. The van der Waals surface area contributed by atoms with Crippen molar-refractivity contribution in [3.8, 4) is 0 Å². The molecule has 0 N–H and O–H groups in total. The van der Waals surface area contributed by atoms with E-state index in [1.807, 2.05) is 0 Å². The maximum absolute atomic E-state index is 4.36. The predicted molar refractivity (Wildman–Crippen MR) is 89.7 cm³/mol. The van der Waals surface area contributed by atoms with Crippen molar-refractivity contribution in [1.82, 2.24) is 0 Å². The monoisotopic (exact) mass is 272 g/mol. The molecule has 1 fully saturated rings. The molecule has 0 unspecified atom stereocenters. The minimum atomic E-state index is 0.781. The van der Waals surface area contributed by atoms with Gasteiger partial charge in [0.2, 0.25) is 0 Å². The van der Waals surface area contributed by atoms with Gasteiger partial charge in [-0.05, 0) is 83.0 Å². The van der Waals surface area contributed by atoms with Gasteiger partial charge in [0, 0.05) is 0 Å². The van der Waals surface area contributed by atoms with Crippen molar-refractivity contribution in [3.05, 3.63) is 35.5 Å². The minimum absolute atomic E-state index is 0.781. The Balaban J connectivity index is 2.04. The van der Waals surface area contributed by atoms with Crippen LogP contribution >= 0.6 is 0 Å². The first-order valence-corrected chi connectivity index (χ1v) is 8.47. The van der Waals surface area contributed by atoms with Gasteiger partial charge in [0.25, 0.3) is 0 Å². The van der Waals surface area contributed by atoms with Crippen LogP contribution in [0.4, 0.5) is 0 Å². The maximum atomic E-state index is 4.36. The molecule has 1 saturated carbocycles. The Morgan fingerprint density at radius 2 is 2.10 bits per heavy atom. The third-order valence-electron chi connectivity index (χ3n) is 5.51. The van der Waals surface area contributed by atoms with E-state index in [9.17, 15) is 0 Å². The third kappa shape index (κ3) is 3.65. The normalized spacial score (nSPS) is 31.3. The van der Waals surface area contributed by atoms with Crippen LogP contribution in [0.1, 0.15) is 66.2 Å². The van der Waals surface area contributed by atoms with E-state index in [-0.39, 0.29) is 0 Å². The van der Waals surface area contributed by atoms with Crippen LogP contribution in [0.5, 0.6) is 0 Å². The molecule has 2 aliphatic carbocycles. The molecule has 0 aromatic heterocycles. The number of fused-ring (bicyclic) bond motifs is 1. The average Bonchev–Trinajstić information content (AvgIpc) is 2.38. The van der Waals surface area contributed by atoms with Crippen molar-refractivity contribution in [1.29, 1.82) is 0 Å². The SMILES string of the molecule is C=C1CC[C@H]([C@@H](C)CCC=C(C)C)[C@H]2C=C(C)CC[C@H]12. The molecule has 0 amide bonds. The summed E-state index contributed by atoms with van der Waals surface area (Å²) in [7, 11) is 0. The van der Waals surface area contributed by atoms with Gasteiger partial charge in [-0.2, -0.15) is 0 Å². The zero-order chi connectivity index (χ0) is 14.7. The summed E-state index contributed by atoms with van der Waals surface area (Å²) >= 11 is 0. The lowest BCUT2D eigenvalue weighted by atomic mass is 9.61. The van der Waals surface area contributed by atoms with Gasteiger partial charge in [-0.15, -0.1) is 0 Å². The average molecular weight is 272 g/mol. The summed E-state index contributed by atoms with van der Waals surface area (Å²) in [4.78, 5) is 0. The largest absolute Gasteiger partial charge is 0.0996 e. The Morgan fingerprint density at radius 3 is 2.80 bits per heavy atom. The number of hydrogen-bond acceptors (Lipinski definition) is 0. The smallest absolute Gasteiger partial charge is 0.0134 e. The molecule has 0 aromatic rings. The topological polar surface area (TPSA) is 0 Å². The molecule has 20 heavy (non-hydrogen) atoms. The van der Waals surface area contributed by atoms with Crippen LogP contribution in [0.3, 0.4) is 0 Å². The minimum Gasteiger partial charge on any atom is -0.0996 e. The van der Waals surface area contributed by atoms with E-state index in [4.69, 9.17) is 0 Å². The van der Waals surface area contributed by atoms with Crippen molar-refractivity contribution >= 4 is 0 Å². The summed E-state index contributed by atoms with van der Waals surface area (Å²) < 4.78 is 0. The van der Waals surface area contributed by atoms with E-state index in [0.29, 0.717) is 0 Å². The van der Waals surface area contributed by atoms with Crippen molar-refractivity contribution in [2.45, 2.75) is 66.2 Å². The third-order valence-corrected chi connectivity index (χ3v) is 5.51. The van der Waals surface area contributed by atoms with E-state index in [1.54, 1.807) is 5.57 Å². The van der Waals surface area contributed by atoms with Gasteiger partial charge in [0.15, 0.2) is 0 Å². The van der Waals surface area contributed by atoms with E-state index in [0.717, 1.165) is 23.7 Å². The summed E-state index contributed by atoms with van der Waals surface area (Å²) in [5.74, 6) is 3.29. The van der Waals surface area contributed by atoms with Gasteiger partial charge in [0.1, 0.15) is 0 Å². The lowest BCUT2D eigenvalue weighted by Crippen LogP contribution is -2.34. The van der Waals surface area contributed by atoms with Crippen molar-refractivity contribution in [2.75, 3.05) is 0 Å². The van der Waals surface area contributed by atoms with Gasteiger partial charge in [-0.1, -0.05) is 42.4 Å². The molecular weight excluding hydrogens is 240 g/mol. The predicted octanol–water partition coefficient (Wildman–Crippen LogP) is 6.31. The van der Waals surface area contributed by atoms with Gasteiger partial charge < -0.3 is 0 Å². The highest BCUT2D eigenvalue weighted by Crippen LogP contribution is 2.48. The van der Waals surface area contributed by atoms with E-state index < -0.39 is 0 Å². The molecule has 4 atom stereocenters. The van der Waals surface area contributed by atoms with E-state index in [2.05, 4.69) is 46.4 Å². The van der Waals surface area contributed by atoms with Crippen LogP contribution in [-0.2, 0) is 0 Å². The van der Waals surface area contributed by atoms with Crippen LogP contribution in [0.2, 0.25) is 0 Å². The summed E-state index contributed by atoms with van der Waals surface area (Å²) in [5.41, 5.74) is 4.61. The molecule has 2 rings (SSSR count).